The highest BCUT2D eigenvalue weighted by Gasteiger charge is 2.25. The standard InChI is InChI=1S/C23H32N4O6/c1-14(2)13-27-21(24)20(22(30)25-23(27)31)26(10-11-32-5)18(28)8-9-19(29)33-17-7-6-15(3)12-16(17)4/h6-7,12,14H,8-11,13,24H2,1-5H3,(H,25,30,31). The molecule has 0 saturated carbocycles. The molecule has 0 fully saturated rings. The van der Waals surface area contributed by atoms with Crippen LogP contribution in [0.1, 0.15) is 37.8 Å². The number of aromatic nitrogens is 2. The Labute approximate surface area is 192 Å². The van der Waals surface area contributed by atoms with E-state index in [1.807, 2.05) is 39.8 Å². The highest BCUT2D eigenvalue weighted by molar-refractivity contribution is 5.97. The largest absolute Gasteiger partial charge is 0.426 e. The molecule has 0 radical (unpaired) electrons. The molecule has 1 aromatic heterocycles. The van der Waals surface area contributed by atoms with Gasteiger partial charge in [-0.1, -0.05) is 31.5 Å². The lowest BCUT2D eigenvalue weighted by molar-refractivity contribution is -0.136. The summed E-state index contributed by atoms with van der Waals surface area (Å²) >= 11 is 0. The molecule has 0 aliphatic carbocycles. The number of nitrogens with two attached hydrogens (primary N) is 1. The Kier molecular flexibility index (Phi) is 8.98. The van der Waals surface area contributed by atoms with Crippen LogP contribution in [-0.2, 0) is 20.9 Å². The third-order valence-corrected chi connectivity index (χ3v) is 4.95. The van der Waals surface area contributed by atoms with Gasteiger partial charge in [0.2, 0.25) is 5.91 Å². The van der Waals surface area contributed by atoms with Crippen molar-refractivity contribution in [2.75, 3.05) is 30.9 Å². The molecule has 10 heteroatoms. The molecular weight excluding hydrogens is 428 g/mol. The van der Waals surface area contributed by atoms with Crippen LogP contribution in [0.15, 0.2) is 27.8 Å². The topological polar surface area (TPSA) is 137 Å². The number of ether oxygens (including phenoxy) is 2. The second kappa shape index (κ2) is 11.5. The van der Waals surface area contributed by atoms with Gasteiger partial charge in [0, 0.05) is 26.6 Å². The minimum Gasteiger partial charge on any atom is -0.426 e. The molecule has 1 aromatic carbocycles. The lowest BCUT2D eigenvalue weighted by atomic mass is 10.1. The number of rotatable bonds is 10. The number of methoxy groups -OCH3 is 1. The van der Waals surface area contributed by atoms with Crippen LogP contribution in [-0.4, -0.2) is 41.7 Å². The molecule has 0 spiro atoms. The van der Waals surface area contributed by atoms with E-state index in [4.69, 9.17) is 15.2 Å². The summed E-state index contributed by atoms with van der Waals surface area (Å²) in [5.74, 6) is -0.701. The van der Waals surface area contributed by atoms with Gasteiger partial charge in [-0.05, 0) is 31.4 Å². The summed E-state index contributed by atoms with van der Waals surface area (Å²) in [5.41, 5.74) is 6.43. The van der Waals surface area contributed by atoms with Crippen molar-refractivity contribution >= 4 is 23.4 Å². The number of hydrogen-bond donors (Lipinski definition) is 2. The molecule has 1 amide bonds. The van der Waals surface area contributed by atoms with Crippen LogP contribution in [0.4, 0.5) is 11.5 Å². The number of nitrogens with zero attached hydrogens (tertiary/aromatic N) is 2. The first-order valence-electron chi connectivity index (χ1n) is 10.7. The van der Waals surface area contributed by atoms with Crippen molar-refractivity contribution in [1.29, 1.82) is 0 Å². The van der Waals surface area contributed by atoms with Crippen LogP contribution >= 0.6 is 0 Å². The van der Waals surface area contributed by atoms with Gasteiger partial charge in [-0.15, -0.1) is 0 Å². The SMILES string of the molecule is COCCN(C(=O)CCC(=O)Oc1ccc(C)cc1C)c1c(N)n(CC(C)C)c(=O)[nH]c1=O. The van der Waals surface area contributed by atoms with Crippen molar-refractivity contribution in [1.82, 2.24) is 9.55 Å². The first-order valence-corrected chi connectivity index (χ1v) is 10.7. The van der Waals surface area contributed by atoms with Crippen molar-refractivity contribution in [3.8, 4) is 5.75 Å². The third-order valence-electron chi connectivity index (χ3n) is 4.95. The number of aromatic amines is 1. The van der Waals surface area contributed by atoms with E-state index in [9.17, 15) is 19.2 Å². The van der Waals surface area contributed by atoms with Crippen LogP contribution in [0.3, 0.4) is 0 Å². The molecule has 2 rings (SSSR count). The molecule has 0 atom stereocenters. The zero-order valence-electron chi connectivity index (χ0n) is 19.8. The minimum atomic E-state index is -0.778. The predicted molar refractivity (Wildman–Crippen MR) is 126 cm³/mol. The number of H-pyrrole nitrogens is 1. The van der Waals surface area contributed by atoms with Gasteiger partial charge >= 0.3 is 11.7 Å². The summed E-state index contributed by atoms with van der Waals surface area (Å²) in [4.78, 5) is 53.5. The predicted octanol–water partition coefficient (Wildman–Crippen LogP) is 1.76. The average molecular weight is 461 g/mol. The number of nitrogen functional groups attached to an aromatic ring is 1. The van der Waals surface area contributed by atoms with E-state index >= 15 is 0 Å². The van der Waals surface area contributed by atoms with Gasteiger partial charge in [0.1, 0.15) is 11.6 Å². The number of benzene rings is 1. The molecule has 1 heterocycles. The Morgan fingerprint density at radius 3 is 2.48 bits per heavy atom. The summed E-state index contributed by atoms with van der Waals surface area (Å²) in [6.45, 7) is 7.97. The highest BCUT2D eigenvalue weighted by Crippen LogP contribution is 2.21. The van der Waals surface area contributed by atoms with Crippen LogP contribution in [0, 0.1) is 19.8 Å². The lowest BCUT2D eigenvalue weighted by Crippen LogP contribution is -2.43. The Hall–Kier alpha value is -3.40. The van der Waals surface area contributed by atoms with Gasteiger partial charge in [-0.2, -0.15) is 0 Å². The second-order valence-corrected chi connectivity index (χ2v) is 8.28. The van der Waals surface area contributed by atoms with E-state index < -0.39 is 23.1 Å². The first-order chi connectivity index (χ1) is 15.5. The van der Waals surface area contributed by atoms with Crippen LogP contribution < -0.4 is 26.6 Å². The average Bonchev–Trinajstić information content (AvgIpc) is 2.73. The van der Waals surface area contributed by atoms with Crippen molar-refractivity contribution in [2.24, 2.45) is 5.92 Å². The molecule has 33 heavy (non-hydrogen) atoms. The van der Waals surface area contributed by atoms with E-state index in [2.05, 4.69) is 4.98 Å². The van der Waals surface area contributed by atoms with E-state index in [-0.39, 0.29) is 50.0 Å². The zero-order valence-corrected chi connectivity index (χ0v) is 19.8. The van der Waals surface area contributed by atoms with E-state index in [0.717, 1.165) is 16.0 Å². The van der Waals surface area contributed by atoms with Crippen LogP contribution in [0.25, 0.3) is 0 Å². The number of carbonyl (C=O) groups is 2. The summed E-state index contributed by atoms with van der Waals surface area (Å²) in [5, 5.41) is 0. The number of amides is 1. The summed E-state index contributed by atoms with van der Waals surface area (Å²) in [6, 6.07) is 5.42. The fraction of sp³-hybridized carbons (Fsp3) is 0.478. The fourth-order valence-corrected chi connectivity index (χ4v) is 3.36. The van der Waals surface area contributed by atoms with Gasteiger partial charge in [0.05, 0.1) is 13.0 Å². The molecule has 3 N–H and O–H groups in total. The number of anilines is 2. The fourth-order valence-electron chi connectivity index (χ4n) is 3.36. The molecule has 180 valence electrons. The Morgan fingerprint density at radius 2 is 1.88 bits per heavy atom. The van der Waals surface area contributed by atoms with Gasteiger partial charge in [-0.25, -0.2) is 4.79 Å². The first kappa shape index (κ1) is 25.9. The smallest absolute Gasteiger partial charge is 0.330 e. The Morgan fingerprint density at radius 1 is 1.18 bits per heavy atom. The summed E-state index contributed by atoms with van der Waals surface area (Å²) in [6.07, 6.45) is -0.408. The number of esters is 1. The Balaban J connectivity index is 2.24. The van der Waals surface area contributed by atoms with Crippen molar-refractivity contribution in [3.63, 3.8) is 0 Å². The van der Waals surface area contributed by atoms with Crippen LogP contribution in [0.2, 0.25) is 0 Å². The normalized spacial score (nSPS) is 11.0. The molecule has 2 aromatic rings. The van der Waals surface area contributed by atoms with Gasteiger partial charge in [-0.3, -0.25) is 23.9 Å². The highest BCUT2D eigenvalue weighted by atomic mass is 16.5. The minimum absolute atomic E-state index is 0.0224. The van der Waals surface area contributed by atoms with Crippen molar-refractivity contribution < 1.29 is 19.1 Å². The zero-order chi connectivity index (χ0) is 24.7. The molecule has 0 saturated heterocycles. The third kappa shape index (κ3) is 6.79. The van der Waals surface area contributed by atoms with E-state index in [1.165, 1.54) is 11.7 Å². The molecule has 0 aliphatic heterocycles. The maximum Gasteiger partial charge on any atom is 0.330 e. The van der Waals surface area contributed by atoms with Crippen molar-refractivity contribution in [3.05, 3.63) is 50.2 Å². The Bertz CT molecular complexity index is 1120. The molecular formula is C23H32N4O6. The number of nitrogens with one attached hydrogen (secondary N) is 1. The molecule has 10 nitrogen and oxygen atoms in total. The lowest BCUT2D eigenvalue weighted by Gasteiger charge is -2.24. The summed E-state index contributed by atoms with van der Waals surface area (Å²) < 4.78 is 11.7. The maximum atomic E-state index is 13.0. The van der Waals surface area contributed by atoms with Gasteiger partial charge < -0.3 is 20.1 Å². The quantitative estimate of drug-likeness (QED) is 0.407. The molecule has 0 bridgehead atoms. The maximum absolute atomic E-state index is 13.0. The van der Waals surface area contributed by atoms with Crippen molar-refractivity contribution in [2.45, 2.75) is 47.1 Å². The number of hydrogen-bond acceptors (Lipinski definition) is 7. The van der Waals surface area contributed by atoms with Gasteiger partial charge in [0.25, 0.3) is 5.56 Å². The molecule has 0 unspecified atom stereocenters. The number of carbonyl (C=O) groups excluding carboxylic acids is 2. The van der Waals surface area contributed by atoms with E-state index in [0.29, 0.717) is 5.75 Å². The monoisotopic (exact) mass is 460 g/mol. The molecule has 0 aliphatic rings. The number of aryl methyl sites for hydroxylation is 2. The van der Waals surface area contributed by atoms with Crippen LogP contribution in [0.5, 0.6) is 5.75 Å². The van der Waals surface area contributed by atoms with Gasteiger partial charge in [0.15, 0.2) is 5.69 Å². The second-order valence-electron chi connectivity index (χ2n) is 8.28. The summed E-state index contributed by atoms with van der Waals surface area (Å²) in [7, 11) is 1.46. The van der Waals surface area contributed by atoms with E-state index in [1.54, 1.807) is 6.07 Å².